The molecule has 1 radical (unpaired) electrons. The van der Waals surface area contributed by atoms with Gasteiger partial charge in [-0.2, -0.15) is 13.2 Å². The monoisotopic (exact) mass is 528 g/mol. The summed E-state index contributed by atoms with van der Waals surface area (Å²) in [5.74, 6) is 0.319. The first kappa shape index (κ1) is 25.7. The molecular weight excluding hydrogens is 501 g/mol. The molecule has 1 fully saturated rings. The van der Waals surface area contributed by atoms with Gasteiger partial charge in [0.1, 0.15) is 0 Å². The van der Waals surface area contributed by atoms with Crippen LogP contribution in [0.3, 0.4) is 0 Å². The Morgan fingerprint density at radius 1 is 1.26 bits per heavy atom. The van der Waals surface area contributed by atoms with E-state index in [1.165, 1.54) is 31.1 Å². The van der Waals surface area contributed by atoms with Gasteiger partial charge >= 0.3 is 30.5 Å². The largest absolute Gasteiger partial charge is 0.453 e. The molecule has 38 heavy (non-hydrogen) atoms. The maximum absolute atomic E-state index is 14.1. The van der Waals surface area contributed by atoms with Gasteiger partial charge in [-0.25, -0.2) is 14.2 Å². The van der Waals surface area contributed by atoms with Crippen LogP contribution in [0.25, 0.3) is 11.2 Å². The van der Waals surface area contributed by atoms with E-state index in [1.54, 1.807) is 18.5 Å². The number of azo groups is 1. The van der Waals surface area contributed by atoms with E-state index in [0.717, 1.165) is 46.4 Å². The third-order valence-corrected chi connectivity index (χ3v) is 7.19. The number of carbonyl (C=O) groups is 1. The van der Waals surface area contributed by atoms with Crippen molar-refractivity contribution in [3.8, 4) is 5.69 Å². The van der Waals surface area contributed by atoms with E-state index in [1.807, 2.05) is 23.8 Å². The van der Waals surface area contributed by atoms with E-state index in [0.29, 0.717) is 11.6 Å². The SMILES string of the molecule is COC(=O)N(C)Cc1cc(C(F)(F)F)c2cn(-c3cccc([C@H]([C]4N=NC=[N+]4C)C4CCC4)c3)c(=O)n2c1. The minimum Gasteiger partial charge on any atom is -0.453 e. The molecule has 0 unspecified atom stereocenters. The summed E-state index contributed by atoms with van der Waals surface area (Å²) in [5, 5.41) is 8.34. The molecule has 0 bridgehead atoms. The standard InChI is InChI=1S/C26H27F3N6O3/c1-32(25(37)38-3)12-16-10-20(26(27,28)29)21-14-34(24(36)35(21)13-16)19-9-5-8-18(11-19)22(17-6-4-7-17)23-31-30-15-33(23)2/h5,8-11,13-15,17,22H,4,6-7,12H2,1-3H3/q+1/t22-/m1/s1. The summed E-state index contributed by atoms with van der Waals surface area (Å²) in [4.78, 5) is 26.3. The highest BCUT2D eigenvalue weighted by atomic mass is 19.4. The van der Waals surface area contributed by atoms with Gasteiger partial charge in [0, 0.05) is 19.4 Å². The van der Waals surface area contributed by atoms with Crippen LogP contribution in [0.5, 0.6) is 0 Å². The van der Waals surface area contributed by atoms with Crippen LogP contribution in [0, 0.1) is 12.1 Å². The Morgan fingerprint density at radius 2 is 2.03 bits per heavy atom. The number of alkyl halides is 3. The molecule has 2 aromatic heterocycles. The number of hydrogen-bond acceptors (Lipinski definition) is 5. The predicted octanol–water partition coefficient (Wildman–Crippen LogP) is 4.82. The van der Waals surface area contributed by atoms with Crippen molar-refractivity contribution in [1.29, 1.82) is 0 Å². The maximum atomic E-state index is 14.1. The highest BCUT2D eigenvalue weighted by Crippen LogP contribution is 2.46. The number of likely N-dealkylation sites (N-methyl/N-ethyl adjacent to an activating group) is 1. The fourth-order valence-corrected chi connectivity index (χ4v) is 5.09. The second-order valence-corrected chi connectivity index (χ2v) is 9.69. The zero-order valence-electron chi connectivity index (χ0n) is 21.1. The number of carbonyl (C=O) groups excluding carboxylic acids is 1. The van der Waals surface area contributed by atoms with Crippen LogP contribution in [-0.2, 0) is 17.5 Å². The van der Waals surface area contributed by atoms with Gasteiger partial charge in [-0.05, 0) is 53.2 Å². The quantitative estimate of drug-likeness (QED) is 0.430. The van der Waals surface area contributed by atoms with Gasteiger partial charge < -0.3 is 9.64 Å². The molecule has 0 N–H and O–H groups in total. The normalized spacial score (nSPS) is 16.9. The molecule has 1 aliphatic carbocycles. The lowest BCUT2D eigenvalue weighted by molar-refractivity contribution is -0.480. The lowest BCUT2D eigenvalue weighted by Crippen LogP contribution is -2.29. The van der Waals surface area contributed by atoms with Crippen LogP contribution in [0.2, 0.25) is 0 Å². The summed E-state index contributed by atoms with van der Waals surface area (Å²) in [6.45, 7) is -0.167. The number of imidazole rings is 1. The second-order valence-electron chi connectivity index (χ2n) is 9.69. The lowest BCUT2D eigenvalue weighted by atomic mass is 9.71. The lowest BCUT2D eigenvalue weighted by Gasteiger charge is -2.34. The Hall–Kier alpha value is -3.96. The fourth-order valence-electron chi connectivity index (χ4n) is 5.09. The van der Waals surface area contributed by atoms with Gasteiger partial charge in [-0.1, -0.05) is 18.6 Å². The van der Waals surface area contributed by atoms with Gasteiger partial charge in [0.15, 0.2) is 0 Å². The number of benzene rings is 1. The van der Waals surface area contributed by atoms with Crippen LogP contribution in [0.1, 0.15) is 41.9 Å². The number of amides is 1. The third-order valence-electron chi connectivity index (χ3n) is 7.19. The molecule has 1 aromatic carbocycles. The molecule has 3 aromatic rings. The molecular formula is C26H27F3N6O3+. The Bertz CT molecular complexity index is 1500. The van der Waals surface area contributed by atoms with Crippen molar-refractivity contribution in [2.24, 2.45) is 16.1 Å². The molecule has 1 amide bonds. The summed E-state index contributed by atoms with van der Waals surface area (Å²) in [7, 11) is 4.46. The van der Waals surface area contributed by atoms with Gasteiger partial charge in [0.2, 0.25) is 0 Å². The molecule has 1 atom stereocenters. The Labute approximate surface area is 216 Å². The summed E-state index contributed by atoms with van der Waals surface area (Å²) in [6, 6.07) is 8.22. The minimum absolute atomic E-state index is 0.0462. The van der Waals surface area contributed by atoms with E-state index in [4.69, 9.17) is 0 Å². The van der Waals surface area contributed by atoms with Gasteiger partial charge in [0.05, 0.1) is 48.5 Å². The van der Waals surface area contributed by atoms with Crippen LogP contribution < -0.4 is 5.69 Å². The molecule has 1 saturated carbocycles. The Balaban J connectivity index is 1.60. The molecule has 2 aliphatic rings. The van der Waals surface area contributed by atoms with E-state index >= 15 is 0 Å². The number of methoxy groups -OCH3 is 1. The summed E-state index contributed by atoms with van der Waals surface area (Å²) < 4.78 is 50.9. The van der Waals surface area contributed by atoms with Crippen molar-refractivity contribution in [2.45, 2.75) is 37.9 Å². The molecule has 199 valence electrons. The van der Waals surface area contributed by atoms with Gasteiger partial charge in [0.25, 0.3) is 0 Å². The molecule has 5 rings (SSSR count). The first-order valence-corrected chi connectivity index (χ1v) is 12.2. The first-order valence-electron chi connectivity index (χ1n) is 12.2. The van der Waals surface area contributed by atoms with Crippen molar-refractivity contribution in [1.82, 2.24) is 13.9 Å². The van der Waals surface area contributed by atoms with Gasteiger partial charge in [-0.15, -0.1) is 0 Å². The van der Waals surface area contributed by atoms with Crippen molar-refractivity contribution in [3.05, 3.63) is 76.1 Å². The smallest absolute Gasteiger partial charge is 0.418 e. The van der Waals surface area contributed by atoms with E-state index in [2.05, 4.69) is 15.0 Å². The van der Waals surface area contributed by atoms with Crippen molar-refractivity contribution < 1.29 is 27.3 Å². The maximum Gasteiger partial charge on any atom is 0.418 e. The summed E-state index contributed by atoms with van der Waals surface area (Å²) in [5.41, 5.74) is -0.387. The van der Waals surface area contributed by atoms with Crippen LogP contribution >= 0.6 is 0 Å². The van der Waals surface area contributed by atoms with Crippen LogP contribution in [-0.4, -0.2) is 52.1 Å². The van der Waals surface area contributed by atoms with Crippen LogP contribution in [0.15, 0.2) is 57.7 Å². The van der Waals surface area contributed by atoms with E-state index < -0.39 is 23.5 Å². The molecule has 9 nitrogen and oxygen atoms in total. The average molecular weight is 529 g/mol. The number of pyridine rings is 1. The molecule has 0 spiro atoms. The zero-order chi connectivity index (χ0) is 27.2. The molecule has 3 heterocycles. The summed E-state index contributed by atoms with van der Waals surface area (Å²) in [6.07, 6.45) is 2.75. The average Bonchev–Trinajstić information content (AvgIpc) is 3.42. The number of rotatable bonds is 6. The number of hydrogen-bond donors (Lipinski definition) is 0. The van der Waals surface area contributed by atoms with Crippen molar-refractivity contribution >= 4 is 17.9 Å². The fraction of sp³-hybridized carbons (Fsp3) is 0.385. The summed E-state index contributed by atoms with van der Waals surface area (Å²) >= 11 is 0. The van der Waals surface area contributed by atoms with E-state index in [9.17, 15) is 22.8 Å². The predicted molar refractivity (Wildman–Crippen MR) is 132 cm³/mol. The Kier molecular flexibility index (Phi) is 6.58. The molecule has 0 saturated heterocycles. The second kappa shape index (κ2) is 9.73. The molecule has 12 heteroatoms. The zero-order valence-corrected chi connectivity index (χ0v) is 21.1. The Morgan fingerprint density at radius 3 is 2.63 bits per heavy atom. The molecule has 1 aliphatic heterocycles. The number of halogens is 3. The van der Waals surface area contributed by atoms with Crippen molar-refractivity contribution in [3.63, 3.8) is 0 Å². The van der Waals surface area contributed by atoms with E-state index in [-0.39, 0.29) is 23.5 Å². The number of nitrogens with zero attached hydrogens (tertiary/aromatic N) is 6. The van der Waals surface area contributed by atoms with Crippen LogP contribution in [0.4, 0.5) is 18.0 Å². The highest BCUT2D eigenvalue weighted by molar-refractivity contribution is 5.67. The first-order chi connectivity index (χ1) is 18.1. The van der Waals surface area contributed by atoms with Gasteiger partial charge in [-0.3, -0.25) is 8.97 Å². The number of fused-ring (bicyclic) bond motifs is 1. The van der Waals surface area contributed by atoms with Crippen molar-refractivity contribution in [2.75, 3.05) is 21.2 Å². The number of aromatic nitrogens is 2. The highest BCUT2D eigenvalue weighted by Gasteiger charge is 2.42. The topological polar surface area (TPSA) is 83.7 Å². The number of ether oxygens (including phenoxy) is 1. The minimum atomic E-state index is -4.72. The third kappa shape index (κ3) is 4.59.